The Kier molecular flexibility index (Phi) is 3.49. The summed E-state index contributed by atoms with van der Waals surface area (Å²) in [4.78, 5) is 13.8. The highest BCUT2D eigenvalue weighted by Gasteiger charge is 2.14. The molecule has 126 valence electrons. The van der Waals surface area contributed by atoms with Crippen molar-refractivity contribution in [3.05, 3.63) is 53.7 Å². The summed E-state index contributed by atoms with van der Waals surface area (Å²) in [7, 11) is 1.65. The van der Waals surface area contributed by atoms with Gasteiger partial charge in [0.15, 0.2) is 5.65 Å². The van der Waals surface area contributed by atoms with Gasteiger partial charge in [0.1, 0.15) is 17.6 Å². The lowest BCUT2D eigenvalue weighted by Crippen LogP contribution is -2.07. The molecule has 0 bridgehead atoms. The van der Waals surface area contributed by atoms with E-state index >= 15 is 0 Å². The summed E-state index contributed by atoms with van der Waals surface area (Å²) in [6, 6.07) is 9.78. The number of benzene rings is 1. The second-order valence-corrected chi connectivity index (χ2v) is 5.93. The predicted molar refractivity (Wildman–Crippen MR) is 94.5 cm³/mol. The number of aryl methyl sites for hydroxylation is 3. The maximum atomic E-state index is 5.22. The summed E-state index contributed by atoms with van der Waals surface area (Å²) in [5.74, 6) is 1.35. The van der Waals surface area contributed by atoms with E-state index in [0.717, 1.165) is 39.7 Å². The Labute approximate surface area is 144 Å². The maximum absolute atomic E-state index is 5.22. The molecule has 0 spiro atoms. The van der Waals surface area contributed by atoms with E-state index in [1.807, 2.05) is 55.7 Å². The van der Waals surface area contributed by atoms with Crippen LogP contribution in [-0.2, 0) is 0 Å². The lowest BCUT2D eigenvalue weighted by Gasteiger charge is -2.08. The average molecular weight is 334 g/mol. The van der Waals surface area contributed by atoms with Gasteiger partial charge >= 0.3 is 0 Å². The number of ether oxygens (including phenoxy) is 1. The number of imidazole rings is 1. The van der Waals surface area contributed by atoms with Gasteiger partial charge in [-0.25, -0.2) is 14.6 Å². The van der Waals surface area contributed by atoms with Gasteiger partial charge in [-0.15, -0.1) is 0 Å². The fraction of sp³-hybridized carbons (Fsp3) is 0.222. The summed E-state index contributed by atoms with van der Waals surface area (Å²) in [6.07, 6.45) is 1.76. The minimum absolute atomic E-state index is 0.547. The van der Waals surface area contributed by atoms with Crippen LogP contribution in [0, 0.1) is 20.8 Å². The molecule has 7 nitrogen and oxygen atoms in total. The van der Waals surface area contributed by atoms with Crippen molar-refractivity contribution in [3.8, 4) is 17.4 Å². The van der Waals surface area contributed by atoms with Crippen molar-refractivity contribution < 1.29 is 4.74 Å². The van der Waals surface area contributed by atoms with E-state index in [9.17, 15) is 0 Å². The molecule has 0 saturated carbocycles. The first kappa shape index (κ1) is 15.3. The second kappa shape index (κ2) is 5.70. The van der Waals surface area contributed by atoms with Crippen LogP contribution in [0.4, 0.5) is 0 Å². The van der Waals surface area contributed by atoms with Crippen molar-refractivity contribution in [1.82, 2.24) is 29.3 Å². The molecule has 3 heterocycles. The Bertz CT molecular complexity index is 1060. The van der Waals surface area contributed by atoms with E-state index in [0.29, 0.717) is 5.95 Å². The van der Waals surface area contributed by atoms with Gasteiger partial charge in [0.2, 0.25) is 0 Å². The van der Waals surface area contributed by atoms with Gasteiger partial charge in [0.25, 0.3) is 5.95 Å². The molecule has 3 aromatic heterocycles. The van der Waals surface area contributed by atoms with Crippen LogP contribution in [0.3, 0.4) is 0 Å². The van der Waals surface area contributed by atoms with Crippen molar-refractivity contribution in [2.24, 2.45) is 0 Å². The van der Waals surface area contributed by atoms with E-state index in [1.165, 1.54) is 0 Å². The minimum atomic E-state index is 0.547. The lowest BCUT2D eigenvalue weighted by atomic mass is 10.3. The SMILES string of the molecule is COc1ccc(-n2cnc3c(C)nc(-n4nc(C)cc4C)nc32)cc1. The molecule has 0 aliphatic carbocycles. The highest BCUT2D eigenvalue weighted by molar-refractivity contribution is 5.76. The molecule has 0 unspecified atom stereocenters. The zero-order chi connectivity index (χ0) is 17.6. The Morgan fingerprint density at radius 1 is 1.00 bits per heavy atom. The molecule has 0 aliphatic rings. The smallest absolute Gasteiger partial charge is 0.253 e. The first-order chi connectivity index (χ1) is 12.1. The Hall–Kier alpha value is -3.22. The highest BCUT2D eigenvalue weighted by Crippen LogP contribution is 2.22. The zero-order valence-corrected chi connectivity index (χ0v) is 14.6. The van der Waals surface area contributed by atoms with Crippen LogP contribution in [-0.4, -0.2) is 36.4 Å². The molecular formula is C18H18N6O. The third-order valence-corrected chi connectivity index (χ3v) is 4.11. The van der Waals surface area contributed by atoms with Gasteiger partial charge in [-0.3, -0.25) is 4.57 Å². The number of rotatable bonds is 3. The molecule has 0 amide bonds. The summed E-state index contributed by atoms with van der Waals surface area (Å²) < 4.78 is 8.92. The molecule has 1 aromatic carbocycles. The van der Waals surface area contributed by atoms with E-state index in [-0.39, 0.29) is 0 Å². The second-order valence-electron chi connectivity index (χ2n) is 5.93. The fourth-order valence-electron chi connectivity index (χ4n) is 2.88. The molecule has 0 N–H and O–H groups in total. The monoisotopic (exact) mass is 334 g/mol. The molecule has 0 saturated heterocycles. The van der Waals surface area contributed by atoms with E-state index in [4.69, 9.17) is 9.72 Å². The van der Waals surface area contributed by atoms with Crippen molar-refractivity contribution in [3.63, 3.8) is 0 Å². The number of nitrogens with zero attached hydrogens (tertiary/aromatic N) is 6. The van der Waals surface area contributed by atoms with Crippen LogP contribution < -0.4 is 4.74 Å². The number of methoxy groups -OCH3 is 1. The number of hydrogen-bond donors (Lipinski definition) is 0. The van der Waals surface area contributed by atoms with Crippen LogP contribution >= 0.6 is 0 Å². The summed E-state index contributed by atoms with van der Waals surface area (Å²) in [6.45, 7) is 5.88. The van der Waals surface area contributed by atoms with Gasteiger partial charge in [0.05, 0.1) is 18.5 Å². The Morgan fingerprint density at radius 3 is 2.40 bits per heavy atom. The first-order valence-electron chi connectivity index (χ1n) is 7.96. The minimum Gasteiger partial charge on any atom is -0.497 e. The quantitative estimate of drug-likeness (QED) is 0.576. The topological polar surface area (TPSA) is 70.7 Å². The van der Waals surface area contributed by atoms with Gasteiger partial charge in [0, 0.05) is 11.4 Å². The van der Waals surface area contributed by atoms with Crippen molar-refractivity contribution in [1.29, 1.82) is 0 Å². The normalized spacial score (nSPS) is 11.2. The predicted octanol–water partition coefficient (Wildman–Crippen LogP) is 2.94. The molecule has 25 heavy (non-hydrogen) atoms. The van der Waals surface area contributed by atoms with Crippen LogP contribution in [0.2, 0.25) is 0 Å². The van der Waals surface area contributed by atoms with Gasteiger partial charge in [-0.05, 0) is 51.1 Å². The van der Waals surface area contributed by atoms with E-state index < -0.39 is 0 Å². The van der Waals surface area contributed by atoms with Gasteiger partial charge < -0.3 is 4.74 Å². The average Bonchev–Trinajstić information content (AvgIpc) is 3.18. The largest absolute Gasteiger partial charge is 0.497 e. The number of hydrogen-bond acceptors (Lipinski definition) is 5. The molecule has 0 fully saturated rings. The summed E-state index contributed by atoms with van der Waals surface area (Å²) in [5, 5.41) is 4.48. The van der Waals surface area contributed by atoms with E-state index in [1.54, 1.807) is 18.1 Å². The maximum Gasteiger partial charge on any atom is 0.253 e. The molecule has 4 aromatic rings. The fourth-order valence-corrected chi connectivity index (χ4v) is 2.88. The number of aromatic nitrogens is 6. The summed E-state index contributed by atoms with van der Waals surface area (Å²) >= 11 is 0. The standard InChI is InChI=1S/C18H18N6O/c1-11-9-12(2)24(22-11)18-20-13(3)16-17(21-18)23(10-19-16)14-5-7-15(25-4)8-6-14/h5-10H,1-4H3. The van der Waals surface area contributed by atoms with Crippen molar-refractivity contribution >= 4 is 11.2 Å². The van der Waals surface area contributed by atoms with Gasteiger partial charge in [-0.2, -0.15) is 10.1 Å². The van der Waals surface area contributed by atoms with Crippen LogP contribution in [0.1, 0.15) is 17.1 Å². The first-order valence-corrected chi connectivity index (χ1v) is 7.96. The van der Waals surface area contributed by atoms with Crippen molar-refractivity contribution in [2.75, 3.05) is 7.11 Å². The van der Waals surface area contributed by atoms with Crippen LogP contribution in [0.5, 0.6) is 5.75 Å². The van der Waals surface area contributed by atoms with Crippen molar-refractivity contribution in [2.45, 2.75) is 20.8 Å². The lowest BCUT2D eigenvalue weighted by molar-refractivity contribution is 0.415. The molecular weight excluding hydrogens is 316 g/mol. The highest BCUT2D eigenvalue weighted by atomic mass is 16.5. The summed E-state index contributed by atoms with van der Waals surface area (Å²) in [5.41, 5.74) is 5.23. The van der Waals surface area contributed by atoms with E-state index in [2.05, 4.69) is 15.1 Å². The van der Waals surface area contributed by atoms with Crippen LogP contribution in [0.15, 0.2) is 36.7 Å². The molecule has 7 heteroatoms. The number of fused-ring (bicyclic) bond motifs is 1. The molecule has 0 atom stereocenters. The Balaban J connectivity index is 1.90. The third-order valence-electron chi connectivity index (χ3n) is 4.11. The molecule has 0 radical (unpaired) electrons. The Morgan fingerprint density at radius 2 is 1.76 bits per heavy atom. The third kappa shape index (κ3) is 2.53. The van der Waals surface area contributed by atoms with Crippen LogP contribution in [0.25, 0.3) is 22.8 Å². The zero-order valence-electron chi connectivity index (χ0n) is 14.6. The molecule has 4 rings (SSSR count). The van der Waals surface area contributed by atoms with Gasteiger partial charge in [-0.1, -0.05) is 0 Å². The molecule has 0 aliphatic heterocycles.